The number of aliphatic imine (C=N–C) groups is 1. The van der Waals surface area contributed by atoms with Gasteiger partial charge in [0.1, 0.15) is 22.6 Å². The Bertz CT molecular complexity index is 1390. The van der Waals surface area contributed by atoms with Crippen LogP contribution in [-0.2, 0) is 6.54 Å². The van der Waals surface area contributed by atoms with Crippen molar-refractivity contribution in [1.29, 1.82) is 0 Å². The summed E-state index contributed by atoms with van der Waals surface area (Å²) >= 11 is 5.91. The van der Waals surface area contributed by atoms with Gasteiger partial charge in [0.05, 0.1) is 11.6 Å². The lowest BCUT2D eigenvalue weighted by Crippen LogP contribution is -2.41. The normalized spacial score (nSPS) is 16.3. The van der Waals surface area contributed by atoms with Crippen LogP contribution in [0.25, 0.3) is 10.9 Å². The molecule has 1 amide bonds. The number of likely N-dealkylation sites (N-methyl/N-ethyl adjacent to an activating group) is 1. The van der Waals surface area contributed by atoms with E-state index < -0.39 is 11.4 Å². The summed E-state index contributed by atoms with van der Waals surface area (Å²) in [5, 5.41) is 15.5. The predicted molar refractivity (Wildman–Crippen MR) is 129 cm³/mol. The lowest BCUT2D eigenvalue weighted by Gasteiger charge is -2.32. The minimum atomic E-state index is -0.584. The third-order valence-electron chi connectivity index (χ3n) is 6.08. The number of aromatic hydroxyl groups is 1. The van der Waals surface area contributed by atoms with Crippen LogP contribution in [0.3, 0.4) is 0 Å². The zero-order valence-electron chi connectivity index (χ0n) is 19.6. The number of halogens is 2. The minimum absolute atomic E-state index is 0.0250. The van der Waals surface area contributed by atoms with E-state index in [0.29, 0.717) is 30.0 Å². The zero-order valence-corrected chi connectivity index (χ0v) is 20.4. The molecule has 1 aliphatic heterocycles. The van der Waals surface area contributed by atoms with Crippen molar-refractivity contribution in [3.8, 4) is 5.75 Å². The van der Waals surface area contributed by atoms with Crippen molar-refractivity contribution in [3.05, 3.63) is 50.7 Å². The molecule has 0 aliphatic carbocycles. The van der Waals surface area contributed by atoms with Gasteiger partial charge in [0.15, 0.2) is 17.3 Å². The van der Waals surface area contributed by atoms with E-state index in [1.54, 1.807) is 21.3 Å². The van der Waals surface area contributed by atoms with Gasteiger partial charge in [-0.05, 0) is 38.5 Å². The Morgan fingerprint density at radius 1 is 1.35 bits per heavy atom. The standard InChI is InChI=1S/C23H26ClFN6O3/c1-6-29-10-12(2)31-18-17(20(32)19(31)23(29)34)22(33)30(27-21(18)26-13(3)28(4)5)11-14-7-8-16(25)15(24)9-14/h7-9,12,32H,6,10-11H2,1-5H3/b26-13+. The molecule has 0 spiro atoms. The molecule has 11 heteroatoms. The number of hydrogen-bond acceptors (Lipinski definition) is 5. The van der Waals surface area contributed by atoms with Gasteiger partial charge < -0.3 is 19.5 Å². The summed E-state index contributed by atoms with van der Waals surface area (Å²) in [6.07, 6.45) is 0. The fourth-order valence-electron chi connectivity index (χ4n) is 4.13. The van der Waals surface area contributed by atoms with Gasteiger partial charge in [0.25, 0.3) is 11.5 Å². The van der Waals surface area contributed by atoms with Gasteiger partial charge in [-0.1, -0.05) is 17.7 Å². The fourth-order valence-corrected chi connectivity index (χ4v) is 4.34. The molecule has 3 aromatic rings. The number of amides is 1. The lowest BCUT2D eigenvalue weighted by molar-refractivity contribution is 0.0686. The molecule has 1 N–H and O–H groups in total. The van der Waals surface area contributed by atoms with E-state index in [-0.39, 0.29) is 46.2 Å². The second-order valence-electron chi connectivity index (χ2n) is 8.57. The Morgan fingerprint density at radius 3 is 2.68 bits per heavy atom. The molecule has 0 radical (unpaired) electrons. The van der Waals surface area contributed by atoms with E-state index in [2.05, 4.69) is 10.1 Å². The van der Waals surface area contributed by atoms with Crippen molar-refractivity contribution in [2.24, 2.45) is 4.99 Å². The summed E-state index contributed by atoms with van der Waals surface area (Å²) in [6, 6.07) is 3.92. The molecule has 180 valence electrons. The van der Waals surface area contributed by atoms with E-state index in [1.807, 2.05) is 27.9 Å². The van der Waals surface area contributed by atoms with E-state index >= 15 is 0 Å². The number of aromatic nitrogens is 3. The molecule has 0 fully saturated rings. The largest absolute Gasteiger partial charge is 0.505 e. The maximum atomic E-state index is 13.6. The smallest absolute Gasteiger partial charge is 0.280 e. The molecule has 0 bridgehead atoms. The van der Waals surface area contributed by atoms with E-state index in [9.17, 15) is 19.1 Å². The van der Waals surface area contributed by atoms with Crippen molar-refractivity contribution < 1.29 is 14.3 Å². The van der Waals surface area contributed by atoms with Crippen LogP contribution in [0.5, 0.6) is 5.75 Å². The number of benzene rings is 1. The molecule has 4 rings (SSSR count). The van der Waals surface area contributed by atoms with E-state index in [0.717, 1.165) is 4.68 Å². The molecule has 1 unspecified atom stereocenters. The second kappa shape index (κ2) is 8.75. The van der Waals surface area contributed by atoms with Crippen molar-refractivity contribution in [3.63, 3.8) is 0 Å². The fraction of sp³-hybridized carbons (Fsp3) is 0.391. The molecule has 2 aromatic heterocycles. The first-order valence-corrected chi connectivity index (χ1v) is 11.3. The summed E-state index contributed by atoms with van der Waals surface area (Å²) in [6.45, 7) is 6.44. The Hall–Kier alpha value is -3.40. The van der Waals surface area contributed by atoms with E-state index in [4.69, 9.17) is 11.6 Å². The summed E-state index contributed by atoms with van der Waals surface area (Å²) in [5.41, 5.74) is 0.323. The predicted octanol–water partition coefficient (Wildman–Crippen LogP) is 3.39. The summed E-state index contributed by atoms with van der Waals surface area (Å²) in [4.78, 5) is 34.6. The summed E-state index contributed by atoms with van der Waals surface area (Å²) in [7, 11) is 3.64. The first-order valence-electron chi connectivity index (χ1n) is 10.9. The van der Waals surface area contributed by atoms with Crippen LogP contribution < -0.4 is 5.56 Å². The SMILES string of the molecule is CCN1CC(C)n2c(c(O)c3c(=O)n(Cc4ccc(F)c(Cl)c4)nc(/N=C(\C)N(C)C)c32)C1=O. The quantitative estimate of drug-likeness (QED) is 0.448. The Labute approximate surface area is 200 Å². The molecule has 1 atom stereocenters. The molecule has 1 aliphatic rings. The highest BCUT2D eigenvalue weighted by Gasteiger charge is 2.36. The highest BCUT2D eigenvalue weighted by atomic mass is 35.5. The zero-order chi connectivity index (χ0) is 24.9. The highest BCUT2D eigenvalue weighted by molar-refractivity contribution is 6.30. The number of rotatable bonds is 4. The van der Waals surface area contributed by atoms with Crippen LogP contribution in [0.1, 0.15) is 42.9 Å². The van der Waals surface area contributed by atoms with Crippen molar-refractivity contribution >= 4 is 40.1 Å². The molecule has 1 aromatic carbocycles. The van der Waals surface area contributed by atoms with Crippen LogP contribution in [0.15, 0.2) is 28.0 Å². The van der Waals surface area contributed by atoms with Gasteiger partial charge >= 0.3 is 0 Å². The first kappa shape index (κ1) is 23.7. The molecular formula is C23H26ClFN6O3. The molecule has 0 saturated heterocycles. The lowest BCUT2D eigenvalue weighted by atomic mass is 10.2. The van der Waals surface area contributed by atoms with Crippen LogP contribution >= 0.6 is 11.6 Å². The van der Waals surface area contributed by atoms with Gasteiger partial charge in [-0.15, -0.1) is 5.10 Å². The Morgan fingerprint density at radius 2 is 2.06 bits per heavy atom. The van der Waals surface area contributed by atoms with Crippen molar-refractivity contribution in [2.45, 2.75) is 33.4 Å². The summed E-state index contributed by atoms with van der Waals surface area (Å²) in [5.74, 6) is -0.505. The van der Waals surface area contributed by atoms with Crippen LogP contribution in [0, 0.1) is 5.82 Å². The molecular weight excluding hydrogens is 463 g/mol. The van der Waals surface area contributed by atoms with Gasteiger partial charge in [-0.25, -0.2) is 14.1 Å². The first-order chi connectivity index (χ1) is 16.0. The summed E-state index contributed by atoms with van der Waals surface area (Å²) < 4.78 is 16.4. The number of nitrogens with zero attached hydrogens (tertiary/aromatic N) is 6. The Kier molecular flexibility index (Phi) is 6.11. The monoisotopic (exact) mass is 488 g/mol. The Balaban J connectivity index is 2.03. The number of carbonyl (C=O) groups is 1. The maximum Gasteiger partial charge on any atom is 0.280 e. The van der Waals surface area contributed by atoms with Crippen LogP contribution in [-0.4, -0.2) is 68.2 Å². The average molecular weight is 489 g/mol. The van der Waals surface area contributed by atoms with Gasteiger partial charge in [0, 0.05) is 33.2 Å². The second-order valence-corrected chi connectivity index (χ2v) is 8.98. The maximum absolute atomic E-state index is 13.6. The van der Waals surface area contributed by atoms with Gasteiger partial charge in [-0.3, -0.25) is 9.59 Å². The van der Waals surface area contributed by atoms with Crippen molar-refractivity contribution in [1.82, 2.24) is 24.1 Å². The van der Waals surface area contributed by atoms with Crippen LogP contribution in [0.2, 0.25) is 5.02 Å². The number of amidine groups is 1. The third kappa shape index (κ3) is 3.81. The van der Waals surface area contributed by atoms with Gasteiger partial charge in [0.2, 0.25) is 0 Å². The number of fused-ring (bicyclic) bond motifs is 3. The molecule has 3 heterocycles. The number of carbonyl (C=O) groups excluding carboxylic acids is 1. The highest BCUT2D eigenvalue weighted by Crippen LogP contribution is 2.40. The van der Waals surface area contributed by atoms with E-state index in [1.165, 1.54) is 18.2 Å². The van der Waals surface area contributed by atoms with Gasteiger partial charge in [-0.2, -0.15) is 0 Å². The molecule has 34 heavy (non-hydrogen) atoms. The molecule has 9 nitrogen and oxygen atoms in total. The molecule has 0 saturated carbocycles. The minimum Gasteiger partial charge on any atom is -0.505 e. The van der Waals surface area contributed by atoms with Crippen molar-refractivity contribution in [2.75, 3.05) is 27.2 Å². The van der Waals surface area contributed by atoms with Crippen LogP contribution in [0.4, 0.5) is 10.2 Å². The third-order valence-corrected chi connectivity index (χ3v) is 6.37. The number of hydrogen-bond donors (Lipinski definition) is 1. The average Bonchev–Trinajstić information content (AvgIpc) is 3.10. The topological polar surface area (TPSA) is 96.0 Å².